The van der Waals surface area contributed by atoms with Crippen LogP contribution in [-0.2, 0) is 14.8 Å². The van der Waals surface area contributed by atoms with Gasteiger partial charge in [-0.05, 0) is 48.5 Å². The van der Waals surface area contributed by atoms with Gasteiger partial charge in [0.25, 0.3) is 15.9 Å². The molecule has 7 nitrogen and oxygen atoms in total. The molecule has 0 aliphatic carbocycles. The fraction of sp³-hybridized carbons (Fsp3) is 0.136. The minimum atomic E-state index is -4.04. The van der Waals surface area contributed by atoms with E-state index in [1.165, 1.54) is 37.4 Å². The number of hydrogen-bond donors (Lipinski definition) is 1. The summed E-state index contributed by atoms with van der Waals surface area (Å²) in [4.78, 5) is 12.8. The lowest BCUT2D eigenvalue weighted by Gasteiger charge is -2.34. The van der Waals surface area contributed by atoms with Gasteiger partial charge in [-0.3, -0.25) is 9.10 Å². The standard InChI is InChI=1S/C22H18F2N2O5S/c1-30-15-7-9-16(10-8-15)32(28,29)26-13-21(31-20-5-3-2-4-19(20)26)22(27)25-14-6-11-17(23)18(24)12-14/h2-12,21H,13H2,1H3,(H,25,27). The Kier molecular flexibility index (Phi) is 5.70. The molecule has 1 aliphatic heterocycles. The minimum Gasteiger partial charge on any atom is -0.497 e. The number of ether oxygens (including phenoxy) is 2. The summed E-state index contributed by atoms with van der Waals surface area (Å²) in [7, 11) is -2.57. The van der Waals surface area contributed by atoms with Gasteiger partial charge < -0.3 is 14.8 Å². The number of fused-ring (bicyclic) bond motifs is 1. The van der Waals surface area contributed by atoms with Crippen molar-refractivity contribution in [3.05, 3.63) is 78.4 Å². The second-order valence-electron chi connectivity index (χ2n) is 6.90. The maximum atomic E-state index is 13.5. The summed E-state index contributed by atoms with van der Waals surface area (Å²) in [5, 5.41) is 2.43. The van der Waals surface area contributed by atoms with E-state index in [9.17, 15) is 22.0 Å². The third-order valence-corrected chi connectivity index (χ3v) is 6.66. The molecule has 1 heterocycles. The normalized spacial score (nSPS) is 15.5. The van der Waals surface area contributed by atoms with Crippen molar-refractivity contribution in [1.82, 2.24) is 0 Å². The molecule has 3 aromatic rings. The van der Waals surface area contributed by atoms with Crippen LogP contribution >= 0.6 is 0 Å². The number of carbonyl (C=O) groups excluding carboxylic acids is 1. The van der Waals surface area contributed by atoms with Crippen LogP contribution in [0.5, 0.6) is 11.5 Å². The van der Waals surface area contributed by atoms with E-state index in [1.54, 1.807) is 24.3 Å². The zero-order valence-corrected chi connectivity index (χ0v) is 17.6. The number of nitrogens with one attached hydrogen (secondary N) is 1. The first-order chi connectivity index (χ1) is 15.3. The molecule has 1 atom stereocenters. The van der Waals surface area contributed by atoms with E-state index < -0.39 is 33.7 Å². The Hall–Kier alpha value is -3.66. The average Bonchev–Trinajstić information content (AvgIpc) is 2.80. The quantitative estimate of drug-likeness (QED) is 0.629. The predicted octanol–water partition coefficient (Wildman–Crippen LogP) is 3.57. The molecular formula is C22H18F2N2O5S. The Morgan fingerprint density at radius 2 is 1.78 bits per heavy atom. The molecule has 0 radical (unpaired) electrons. The van der Waals surface area contributed by atoms with E-state index >= 15 is 0 Å². The Morgan fingerprint density at radius 3 is 2.47 bits per heavy atom. The first-order valence-corrected chi connectivity index (χ1v) is 10.9. The van der Waals surface area contributed by atoms with Crippen LogP contribution in [0.25, 0.3) is 0 Å². The monoisotopic (exact) mass is 460 g/mol. The van der Waals surface area contributed by atoms with Crippen LogP contribution in [0.1, 0.15) is 0 Å². The van der Waals surface area contributed by atoms with Crippen LogP contribution < -0.4 is 19.1 Å². The molecule has 0 saturated carbocycles. The maximum absolute atomic E-state index is 13.5. The van der Waals surface area contributed by atoms with Gasteiger partial charge in [0.1, 0.15) is 11.5 Å². The Labute approximate surface area is 183 Å². The van der Waals surface area contributed by atoms with Crippen LogP contribution in [-0.4, -0.2) is 34.1 Å². The summed E-state index contributed by atoms with van der Waals surface area (Å²) in [6.07, 6.45) is -1.23. The van der Waals surface area contributed by atoms with Gasteiger partial charge in [-0.25, -0.2) is 17.2 Å². The smallest absolute Gasteiger partial charge is 0.267 e. The van der Waals surface area contributed by atoms with Gasteiger partial charge in [-0.15, -0.1) is 0 Å². The summed E-state index contributed by atoms with van der Waals surface area (Å²) in [5.41, 5.74) is 0.293. The van der Waals surface area contributed by atoms with Crippen molar-refractivity contribution < 1.29 is 31.5 Å². The number of amides is 1. The van der Waals surface area contributed by atoms with Crippen molar-refractivity contribution in [3.8, 4) is 11.5 Å². The van der Waals surface area contributed by atoms with Crippen LogP contribution in [0.15, 0.2) is 71.6 Å². The molecule has 166 valence electrons. The molecule has 4 rings (SSSR count). The van der Waals surface area contributed by atoms with Crippen LogP contribution in [0, 0.1) is 11.6 Å². The lowest BCUT2D eigenvalue weighted by atomic mass is 10.2. The molecule has 1 amide bonds. The average molecular weight is 460 g/mol. The van der Waals surface area contributed by atoms with E-state index in [4.69, 9.17) is 9.47 Å². The second kappa shape index (κ2) is 8.46. The number of nitrogens with zero attached hydrogens (tertiary/aromatic N) is 1. The van der Waals surface area contributed by atoms with E-state index in [1.807, 2.05) is 0 Å². The third-order valence-electron chi connectivity index (χ3n) is 4.86. The lowest BCUT2D eigenvalue weighted by Crippen LogP contribution is -2.48. The number of hydrogen-bond acceptors (Lipinski definition) is 5. The molecule has 0 aromatic heterocycles. The highest BCUT2D eigenvalue weighted by molar-refractivity contribution is 7.92. The molecule has 3 aromatic carbocycles. The molecule has 32 heavy (non-hydrogen) atoms. The molecule has 1 unspecified atom stereocenters. The van der Waals surface area contributed by atoms with Crippen LogP contribution in [0.3, 0.4) is 0 Å². The number of anilines is 2. The first kappa shape index (κ1) is 21.6. The molecule has 0 spiro atoms. The second-order valence-corrected chi connectivity index (χ2v) is 8.77. The van der Waals surface area contributed by atoms with Gasteiger partial charge in [0, 0.05) is 11.8 Å². The summed E-state index contributed by atoms with van der Waals surface area (Å²) >= 11 is 0. The molecular weight excluding hydrogens is 442 g/mol. The van der Waals surface area contributed by atoms with Gasteiger partial charge in [0.2, 0.25) is 0 Å². The number of carbonyl (C=O) groups is 1. The zero-order valence-electron chi connectivity index (χ0n) is 16.8. The van der Waals surface area contributed by atoms with Gasteiger partial charge in [-0.1, -0.05) is 12.1 Å². The van der Waals surface area contributed by atoms with Gasteiger partial charge in [-0.2, -0.15) is 0 Å². The van der Waals surface area contributed by atoms with Crippen molar-refractivity contribution in [3.63, 3.8) is 0 Å². The number of rotatable bonds is 5. The Bertz CT molecular complexity index is 1270. The van der Waals surface area contributed by atoms with E-state index in [2.05, 4.69) is 5.32 Å². The maximum Gasteiger partial charge on any atom is 0.267 e. The van der Waals surface area contributed by atoms with Gasteiger partial charge in [0.05, 0.1) is 24.2 Å². The zero-order chi connectivity index (χ0) is 22.9. The highest BCUT2D eigenvalue weighted by Crippen LogP contribution is 2.37. The third kappa shape index (κ3) is 4.09. The first-order valence-electron chi connectivity index (χ1n) is 9.48. The Balaban J connectivity index is 1.65. The van der Waals surface area contributed by atoms with E-state index in [0.717, 1.165) is 16.4 Å². The van der Waals surface area contributed by atoms with Crippen molar-refractivity contribution in [1.29, 1.82) is 0 Å². The molecule has 0 saturated heterocycles. The molecule has 1 N–H and O–H groups in total. The number of sulfonamides is 1. The van der Waals surface area contributed by atoms with E-state index in [-0.39, 0.29) is 28.6 Å². The van der Waals surface area contributed by atoms with Crippen molar-refractivity contribution in [2.24, 2.45) is 0 Å². The number of halogens is 2. The Morgan fingerprint density at radius 1 is 1.06 bits per heavy atom. The number of benzene rings is 3. The van der Waals surface area contributed by atoms with Crippen molar-refractivity contribution >= 4 is 27.3 Å². The SMILES string of the molecule is COc1ccc(S(=O)(=O)N2CC(C(=O)Nc3ccc(F)c(F)c3)Oc3ccccc32)cc1. The number of para-hydroxylation sites is 2. The molecule has 10 heteroatoms. The summed E-state index contributed by atoms with van der Waals surface area (Å²) < 4.78 is 65.2. The summed E-state index contributed by atoms with van der Waals surface area (Å²) in [6, 6.07) is 15.2. The van der Waals surface area contributed by atoms with Crippen molar-refractivity contribution in [2.45, 2.75) is 11.0 Å². The molecule has 0 fully saturated rings. The largest absolute Gasteiger partial charge is 0.497 e. The number of methoxy groups -OCH3 is 1. The van der Waals surface area contributed by atoms with Gasteiger partial charge in [0.15, 0.2) is 17.7 Å². The highest BCUT2D eigenvalue weighted by Gasteiger charge is 2.37. The summed E-state index contributed by atoms with van der Waals surface area (Å²) in [5.74, 6) is -2.19. The minimum absolute atomic E-state index is 0.00904. The summed E-state index contributed by atoms with van der Waals surface area (Å²) in [6.45, 7) is -0.319. The van der Waals surface area contributed by atoms with Gasteiger partial charge >= 0.3 is 0 Å². The van der Waals surface area contributed by atoms with Crippen molar-refractivity contribution in [2.75, 3.05) is 23.3 Å². The molecule has 1 aliphatic rings. The lowest BCUT2D eigenvalue weighted by molar-refractivity contribution is -0.122. The fourth-order valence-electron chi connectivity index (χ4n) is 3.24. The fourth-order valence-corrected chi connectivity index (χ4v) is 4.71. The predicted molar refractivity (Wildman–Crippen MR) is 113 cm³/mol. The topological polar surface area (TPSA) is 84.9 Å². The molecule has 0 bridgehead atoms. The van der Waals surface area contributed by atoms with E-state index in [0.29, 0.717) is 5.75 Å². The van der Waals surface area contributed by atoms with Crippen LogP contribution in [0.4, 0.5) is 20.2 Å². The van der Waals surface area contributed by atoms with Crippen LogP contribution in [0.2, 0.25) is 0 Å². The highest BCUT2D eigenvalue weighted by atomic mass is 32.2.